The van der Waals surface area contributed by atoms with Crippen molar-refractivity contribution in [3.8, 4) is 11.5 Å². The van der Waals surface area contributed by atoms with Crippen molar-refractivity contribution in [3.05, 3.63) is 60.2 Å². The molecule has 0 spiro atoms. The average molecular weight is 283 g/mol. The van der Waals surface area contributed by atoms with Crippen LogP contribution in [0.3, 0.4) is 0 Å². The Bertz CT molecular complexity index is 627. The molecule has 21 heavy (non-hydrogen) atoms. The minimum Gasteiger partial charge on any atom is -0.485 e. The number of nitrogens with one attached hydrogen (secondary N) is 1. The molecule has 2 aromatic carbocycles. The maximum Gasteiger partial charge on any atom is 0.265 e. The van der Waals surface area contributed by atoms with E-state index in [1.54, 1.807) is 6.07 Å². The van der Waals surface area contributed by atoms with Crippen LogP contribution in [0.25, 0.3) is 0 Å². The first-order valence-electron chi connectivity index (χ1n) is 6.98. The molecule has 0 fully saturated rings. The molecule has 3 rings (SSSR count). The van der Waals surface area contributed by atoms with E-state index < -0.39 is 6.10 Å². The average Bonchev–Trinajstić information content (AvgIpc) is 2.55. The second-order valence-corrected chi connectivity index (χ2v) is 5.01. The number of rotatable bonds is 3. The third-order valence-corrected chi connectivity index (χ3v) is 3.46. The van der Waals surface area contributed by atoms with Crippen LogP contribution in [0.4, 0.5) is 0 Å². The van der Waals surface area contributed by atoms with Gasteiger partial charge < -0.3 is 14.8 Å². The lowest BCUT2D eigenvalue weighted by molar-refractivity contribution is -0.131. The zero-order valence-electron chi connectivity index (χ0n) is 11.8. The quantitative estimate of drug-likeness (QED) is 0.942. The van der Waals surface area contributed by atoms with E-state index in [1.807, 2.05) is 55.5 Å². The molecule has 1 aliphatic rings. The SMILES string of the molecule is C[C@H](NC(=O)[C@@H]1COc2ccccc2O1)c1ccccc1. The zero-order valence-corrected chi connectivity index (χ0v) is 11.8. The summed E-state index contributed by atoms with van der Waals surface area (Å²) in [5.74, 6) is 1.12. The largest absolute Gasteiger partial charge is 0.485 e. The fourth-order valence-corrected chi connectivity index (χ4v) is 2.28. The van der Waals surface area contributed by atoms with Gasteiger partial charge in [-0.15, -0.1) is 0 Å². The molecule has 2 aromatic rings. The molecule has 0 aliphatic carbocycles. The number of para-hydroxylation sites is 2. The summed E-state index contributed by atoms with van der Waals surface area (Å²) in [4.78, 5) is 12.3. The van der Waals surface area contributed by atoms with Crippen molar-refractivity contribution in [3.63, 3.8) is 0 Å². The molecule has 1 N–H and O–H groups in total. The molecule has 108 valence electrons. The van der Waals surface area contributed by atoms with Crippen LogP contribution < -0.4 is 14.8 Å². The highest BCUT2D eigenvalue weighted by atomic mass is 16.6. The number of amides is 1. The Morgan fingerprint density at radius 1 is 1.10 bits per heavy atom. The molecule has 1 amide bonds. The van der Waals surface area contributed by atoms with E-state index in [0.717, 1.165) is 5.56 Å². The lowest BCUT2D eigenvalue weighted by Gasteiger charge is -2.26. The molecule has 0 aromatic heterocycles. The minimum absolute atomic E-state index is 0.0699. The summed E-state index contributed by atoms with van der Waals surface area (Å²) in [6, 6.07) is 17.1. The molecular weight excluding hydrogens is 266 g/mol. The first-order chi connectivity index (χ1) is 10.2. The highest BCUT2D eigenvalue weighted by molar-refractivity contribution is 5.82. The van der Waals surface area contributed by atoms with Gasteiger partial charge in [0.05, 0.1) is 6.04 Å². The van der Waals surface area contributed by atoms with Crippen molar-refractivity contribution in [2.45, 2.75) is 19.1 Å². The summed E-state index contributed by atoms with van der Waals surface area (Å²) in [6.45, 7) is 2.18. The lowest BCUT2D eigenvalue weighted by atomic mass is 10.1. The van der Waals surface area contributed by atoms with E-state index >= 15 is 0 Å². The maximum absolute atomic E-state index is 12.3. The number of carbonyl (C=O) groups excluding carboxylic acids is 1. The zero-order chi connectivity index (χ0) is 14.7. The minimum atomic E-state index is -0.619. The Balaban J connectivity index is 1.65. The molecule has 0 saturated heterocycles. The van der Waals surface area contributed by atoms with Crippen LogP contribution in [0.5, 0.6) is 11.5 Å². The maximum atomic E-state index is 12.3. The van der Waals surface area contributed by atoms with E-state index in [2.05, 4.69) is 5.32 Å². The van der Waals surface area contributed by atoms with Crippen molar-refractivity contribution >= 4 is 5.91 Å². The Kier molecular flexibility index (Phi) is 3.77. The molecular formula is C17H17NO3. The van der Waals surface area contributed by atoms with Gasteiger partial charge in [0.1, 0.15) is 6.61 Å². The normalized spacial score (nSPS) is 17.9. The van der Waals surface area contributed by atoms with Crippen molar-refractivity contribution in [2.24, 2.45) is 0 Å². The third-order valence-electron chi connectivity index (χ3n) is 3.46. The lowest BCUT2D eigenvalue weighted by Crippen LogP contribution is -2.44. The van der Waals surface area contributed by atoms with Gasteiger partial charge in [-0.3, -0.25) is 4.79 Å². The van der Waals surface area contributed by atoms with E-state index in [9.17, 15) is 4.79 Å². The topological polar surface area (TPSA) is 47.6 Å². The monoisotopic (exact) mass is 283 g/mol. The highest BCUT2D eigenvalue weighted by Gasteiger charge is 2.28. The predicted octanol–water partition coefficient (Wildman–Crippen LogP) is 2.70. The van der Waals surface area contributed by atoms with Crippen molar-refractivity contribution in [2.75, 3.05) is 6.61 Å². The van der Waals surface area contributed by atoms with Crippen LogP contribution >= 0.6 is 0 Å². The summed E-state index contributed by atoms with van der Waals surface area (Å²) in [5.41, 5.74) is 1.06. The molecule has 1 aliphatic heterocycles. The van der Waals surface area contributed by atoms with Crippen molar-refractivity contribution in [1.29, 1.82) is 0 Å². The van der Waals surface area contributed by atoms with Crippen LogP contribution in [0.15, 0.2) is 54.6 Å². The highest BCUT2D eigenvalue weighted by Crippen LogP contribution is 2.31. The van der Waals surface area contributed by atoms with Gasteiger partial charge in [0.15, 0.2) is 11.5 Å². The molecule has 0 unspecified atom stereocenters. The van der Waals surface area contributed by atoms with Gasteiger partial charge >= 0.3 is 0 Å². The molecule has 1 heterocycles. The van der Waals surface area contributed by atoms with Gasteiger partial charge in [-0.25, -0.2) is 0 Å². The number of carbonyl (C=O) groups is 1. The van der Waals surface area contributed by atoms with Crippen LogP contribution in [-0.4, -0.2) is 18.6 Å². The van der Waals surface area contributed by atoms with Crippen molar-refractivity contribution in [1.82, 2.24) is 5.32 Å². The Labute approximate surface area is 123 Å². The van der Waals surface area contributed by atoms with Gasteiger partial charge in [0, 0.05) is 0 Å². The van der Waals surface area contributed by atoms with Crippen LogP contribution in [0.2, 0.25) is 0 Å². The number of hydrogen-bond donors (Lipinski definition) is 1. The Morgan fingerprint density at radius 3 is 2.52 bits per heavy atom. The number of ether oxygens (including phenoxy) is 2. The fourth-order valence-electron chi connectivity index (χ4n) is 2.28. The standard InChI is InChI=1S/C17H17NO3/c1-12(13-7-3-2-4-8-13)18-17(19)16-11-20-14-9-5-6-10-15(14)21-16/h2-10,12,16H,11H2,1H3,(H,18,19)/t12-,16-/m0/s1. The number of benzene rings is 2. The van der Waals surface area contributed by atoms with E-state index in [-0.39, 0.29) is 18.6 Å². The smallest absolute Gasteiger partial charge is 0.265 e. The van der Waals surface area contributed by atoms with Crippen LogP contribution in [-0.2, 0) is 4.79 Å². The molecule has 4 nitrogen and oxygen atoms in total. The summed E-state index contributed by atoms with van der Waals surface area (Å²) >= 11 is 0. The molecule has 0 saturated carbocycles. The van der Waals surface area contributed by atoms with Gasteiger partial charge in [0.25, 0.3) is 5.91 Å². The van der Waals surface area contributed by atoms with Crippen LogP contribution in [0.1, 0.15) is 18.5 Å². The first-order valence-corrected chi connectivity index (χ1v) is 6.98. The number of hydrogen-bond acceptors (Lipinski definition) is 3. The molecule has 0 bridgehead atoms. The van der Waals surface area contributed by atoms with Crippen LogP contribution in [0, 0.1) is 0 Å². The van der Waals surface area contributed by atoms with Crippen molar-refractivity contribution < 1.29 is 14.3 Å². The number of fused-ring (bicyclic) bond motifs is 1. The second kappa shape index (κ2) is 5.87. The van der Waals surface area contributed by atoms with E-state index in [0.29, 0.717) is 11.5 Å². The van der Waals surface area contributed by atoms with E-state index in [4.69, 9.17) is 9.47 Å². The Hall–Kier alpha value is -2.49. The fraction of sp³-hybridized carbons (Fsp3) is 0.235. The van der Waals surface area contributed by atoms with Gasteiger partial charge in [-0.2, -0.15) is 0 Å². The van der Waals surface area contributed by atoms with E-state index in [1.165, 1.54) is 0 Å². The van der Waals surface area contributed by atoms with Gasteiger partial charge in [-0.1, -0.05) is 42.5 Å². The van der Waals surface area contributed by atoms with Gasteiger partial charge in [-0.05, 0) is 24.6 Å². The second-order valence-electron chi connectivity index (χ2n) is 5.01. The summed E-state index contributed by atoms with van der Waals surface area (Å²) in [5, 5.41) is 2.95. The summed E-state index contributed by atoms with van der Waals surface area (Å²) < 4.78 is 11.3. The Morgan fingerprint density at radius 2 is 1.76 bits per heavy atom. The third kappa shape index (κ3) is 2.99. The molecule has 2 atom stereocenters. The summed E-state index contributed by atoms with van der Waals surface area (Å²) in [6.07, 6.45) is -0.619. The first kappa shape index (κ1) is 13.5. The molecule has 4 heteroatoms. The predicted molar refractivity (Wildman–Crippen MR) is 79.4 cm³/mol. The van der Waals surface area contributed by atoms with Gasteiger partial charge in [0.2, 0.25) is 6.10 Å². The summed E-state index contributed by atoms with van der Waals surface area (Å²) in [7, 11) is 0. The molecule has 0 radical (unpaired) electrons.